The molecule has 0 amide bonds. The van der Waals surface area contributed by atoms with E-state index in [1.807, 2.05) is 6.07 Å². The Morgan fingerprint density at radius 2 is 1.84 bits per heavy atom. The van der Waals surface area contributed by atoms with Gasteiger partial charge in [0, 0.05) is 12.0 Å². The predicted octanol–water partition coefficient (Wildman–Crippen LogP) is 3.40. The molecule has 158 valence electrons. The Balaban J connectivity index is 1.45. The van der Waals surface area contributed by atoms with Crippen LogP contribution in [0.1, 0.15) is 36.4 Å². The molecule has 3 aliphatic heterocycles. The van der Waals surface area contributed by atoms with Crippen molar-refractivity contribution in [3.05, 3.63) is 71.8 Å². The average molecular weight is 415 g/mol. The predicted molar refractivity (Wildman–Crippen MR) is 122 cm³/mol. The normalized spacial score (nSPS) is 26.9. The fourth-order valence-corrected chi connectivity index (χ4v) is 5.37. The standard InChI is InChI=1S/C26H27N3O2/c1-28-14-12-26(13-15-28)29-23(21-8-5-9-24(30-2)25(21)31-26)17-22(27-29)20-11-10-18-6-3-4-7-19(18)16-20/h3-11,16,23H,12-15,17H2,1-2H3/p+1/t23-/m1/s1. The van der Waals surface area contributed by atoms with Crippen LogP contribution in [0.15, 0.2) is 65.8 Å². The molecule has 1 fully saturated rings. The average Bonchev–Trinajstić information content (AvgIpc) is 3.27. The number of quaternary nitrogens is 1. The van der Waals surface area contributed by atoms with Crippen LogP contribution in [0.25, 0.3) is 10.8 Å². The van der Waals surface area contributed by atoms with Gasteiger partial charge in [-0.15, -0.1) is 0 Å². The van der Waals surface area contributed by atoms with Crippen molar-refractivity contribution in [2.45, 2.75) is 31.0 Å². The van der Waals surface area contributed by atoms with E-state index in [2.05, 4.69) is 66.7 Å². The molecule has 1 saturated heterocycles. The summed E-state index contributed by atoms with van der Waals surface area (Å²) in [7, 11) is 3.98. The zero-order valence-electron chi connectivity index (χ0n) is 18.1. The molecule has 3 heterocycles. The molecule has 5 heteroatoms. The molecule has 3 aromatic rings. The van der Waals surface area contributed by atoms with Crippen LogP contribution in [0.4, 0.5) is 0 Å². The first-order chi connectivity index (χ1) is 15.2. The van der Waals surface area contributed by atoms with E-state index < -0.39 is 5.72 Å². The Hall–Kier alpha value is -3.05. The molecule has 1 atom stereocenters. The lowest BCUT2D eigenvalue weighted by molar-refractivity contribution is -0.888. The second-order valence-corrected chi connectivity index (χ2v) is 9.06. The Kier molecular flexibility index (Phi) is 4.22. The maximum absolute atomic E-state index is 6.78. The van der Waals surface area contributed by atoms with E-state index in [0.29, 0.717) is 0 Å². The van der Waals surface area contributed by atoms with Crippen LogP contribution in [-0.4, -0.2) is 43.7 Å². The number of benzene rings is 3. The van der Waals surface area contributed by atoms with E-state index in [1.54, 1.807) is 12.0 Å². The minimum Gasteiger partial charge on any atom is -0.493 e. The number of hydrogen-bond donors (Lipinski definition) is 1. The van der Waals surface area contributed by atoms with Crippen molar-refractivity contribution >= 4 is 16.5 Å². The second-order valence-electron chi connectivity index (χ2n) is 9.06. The van der Waals surface area contributed by atoms with Crippen LogP contribution in [0.5, 0.6) is 11.5 Å². The zero-order valence-corrected chi connectivity index (χ0v) is 18.1. The van der Waals surface area contributed by atoms with Gasteiger partial charge in [-0.25, -0.2) is 5.01 Å². The summed E-state index contributed by atoms with van der Waals surface area (Å²) >= 11 is 0. The van der Waals surface area contributed by atoms with Gasteiger partial charge in [0.05, 0.1) is 51.8 Å². The molecule has 3 aliphatic rings. The summed E-state index contributed by atoms with van der Waals surface area (Å²) in [6, 6.07) is 21.6. The van der Waals surface area contributed by atoms with Crippen molar-refractivity contribution in [3.63, 3.8) is 0 Å². The molecule has 31 heavy (non-hydrogen) atoms. The highest BCUT2D eigenvalue weighted by atomic mass is 16.5. The smallest absolute Gasteiger partial charge is 0.209 e. The van der Waals surface area contributed by atoms with Crippen LogP contribution < -0.4 is 14.4 Å². The molecule has 0 aromatic heterocycles. The highest BCUT2D eigenvalue weighted by Crippen LogP contribution is 2.52. The highest BCUT2D eigenvalue weighted by molar-refractivity contribution is 6.04. The van der Waals surface area contributed by atoms with Crippen molar-refractivity contribution < 1.29 is 14.4 Å². The third kappa shape index (κ3) is 2.91. The van der Waals surface area contributed by atoms with Gasteiger partial charge in [-0.2, -0.15) is 5.10 Å². The number of ether oxygens (including phenoxy) is 2. The monoisotopic (exact) mass is 414 g/mol. The van der Waals surface area contributed by atoms with E-state index in [4.69, 9.17) is 14.6 Å². The van der Waals surface area contributed by atoms with Crippen molar-refractivity contribution in [1.29, 1.82) is 0 Å². The van der Waals surface area contributed by atoms with Gasteiger partial charge in [0.2, 0.25) is 5.72 Å². The van der Waals surface area contributed by atoms with Crippen molar-refractivity contribution in [2.24, 2.45) is 5.10 Å². The third-order valence-corrected chi connectivity index (χ3v) is 7.18. The maximum Gasteiger partial charge on any atom is 0.209 e. The number of likely N-dealkylation sites (tertiary alicyclic amines) is 1. The van der Waals surface area contributed by atoms with Crippen LogP contribution in [0.3, 0.4) is 0 Å². The molecule has 1 N–H and O–H groups in total. The minimum atomic E-state index is -0.398. The number of piperidine rings is 1. The lowest BCUT2D eigenvalue weighted by Gasteiger charge is -2.49. The Morgan fingerprint density at radius 3 is 2.65 bits per heavy atom. The molecule has 0 unspecified atom stereocenters. The number of hydrogen-bond acceptors (Lipinski definition) is 4. The van der Waals surface area contributed by atoms with Crippen LogP contribution in [0, 0.1) is 0 Å². The summed E-state index contributed by atoms with van der Waals surface area (Å²) in [5.74, 6) is 1.72. The molecule has 6 rings (SSSR count). The lowest BCUT2D eigenvalue weighted by atomic mass is 9.90. The first-order valence-electron chi connectivity index (χ1n) is 11.2. The largest absolute Gasteiger partial charge is 0.493 e. The summed E-state index contributed by atoms with van der Waals surface area (Å²) in [6.07, 6.45) is 2.80. The minimum absolute atomic E-state index is 0.179. The summed E-state index contributed by atoms with van der Waals surface area (Å²) in [4.78, 5) is 1.55. The van der Waals surface area contributed by atoms with Crippen molar-refractivity contribution in [1.82, 2.24) is 5.01 Å². The van der Waals surface area contributed by atoms with Gasteiger partial charge in [-0.3, -0.25) is 0 Å². The zero-order chi connectivity index (χ0) is 21.0. The topological polar surface area (TPSA) is 38.5 Å². The first-order valence-corrected chi connectivity index (χ1v) is 11.2. The Bertz CT molecular complexity index is 1180. The van der Waals surface area contributed by atoms with Gasteiger partial charge in [-0.1, -0.05) is 48.5 Å². The number of hydrazone groups is 1. The van der Waals surface area contributed by atoms with Gasteiger partial charge in [0.25, 0.3) is 0 Å². The van der Waals surface area contributed by atoms with Crippen molar-refractivity contribution in [2.75, 3.05) is 27.2 Å². The molecule has 5 nitrogen and oxygen atoms in total. The number of nitrogens with zero attached hydrogens (tertiary/aromatic N) is 2. The second kappa shape index (κ2) is 6.99. The molecular formula is C26H28N3O2+. The molecular weight excluding hydrogens is 386 g/mol. The number of methoxy groups -OCH3 is 1. The molecule has 0 saturated carbocycles. The number of rotatable bonds is 2. The molecule has 1 spiro atoms. The van der Waals surface area contributed by atoms with Gasteiger partial charge in [-0.05, 0) is 28.5 Å². The van der Waals surface area contributed by atoms with Gasteiger partial charge in [0.15, 0.2) is 11.5 Å². The molecule has 0 bridgehead atoms. The van der Waals surface area contributed by atoms with E-state index in [9.17, 15) is 0 Å². The van der Waals surface area contributed by atoms with Crippen LogP contribution in [-0.2, 0) is 0 Å². The van der Waals surface area contributed by atoms with E-state index >= 15 is 0 Å². The fourth-order valence-electron chi connectivity index (χ4n) is 5.37. The third-order valence-electron chi connectivity index (χ3n) is 7.18. The van der Waals surface area contributed by atoms with Crippen LogP contribution in [0.2, 0.25) is 0 Å². The summed E-state index contributed by atoms with van der Waals surface area (Å²) < 4.78 is 12.5. The Labute approximate surface area is 182 Å². The van der Waals surface area contributed by atoms with E-state index in [-0.39, 0.29) is 6.04 Å². The van der Waals surface area contributed by atoms with Gasteiger partial charge < -0.3 is 14.4 Å². The summed E-state index contributed by atoms with van der Waals surface area (Å²) in [5.41, 5.74) is 3.12. The van der Waals surface area contributed by atoms with Crippen molar-refractivity contribution in [3.8, 4) is 11.5 Å². The molecule has 3 aromatic carbocycles. The van der Waals surface area contributed by atoms with Gasteiger partial charge >= 0.3 is 0 Å². The number of fused-ring (bicyclic) bond motifs is 5. The van der Waals surface area contributed by atoms with E-state index in [0.717, 1.165) is 49.6 Å². The maximum atomic E-state index is 6.78. The first kappa shape index (κ1) is 18.7. The van der Waals surface area contributed by atoms with E-state index in [1.165, 1.54) is 21.9 Å². The lowest BCUT2D eigenvalue weighted by Crippen LogP contribution is -3.11. The SMILES string of the molecule is COc1cccc2c1OC1(CC[NH+](C)CC1)N1N=C(c3ccc4ccccc4c3)C[C@H]21. The quantitative estimate of drug-likeness (QED) is 0.699. The fraction of sp³-hybridized carbons (Fsp3) is 0.346. The summed E-state index contributed by atoms with van der Waals surface area (Å²) in [6.45, 7) is 2.16. The number of nitrogens with one attached hydrogen (secondary N) is 1. The molecule has 0 radical (unpaired) electrons. The molecule has 0 aliphatic carbocycles. The Morgan fingerprint density at radius 1 is 1.03 bits per heavy atom. The van der Waals surface area contributed by atoms with Crippen LogP contribution >= 0.6 is 0 Å². The highest BCUT2D eigenvalue weighted by Gasteiger charge is 2.53. The summed E-state index contributed by atoms with van der Waals surface area (Å²) in [5, 5.41) is 10.0. The van der Waals surface area contributed by atoms with Gasteiger partial charge in [0.1, 0.15) is 0 Å². The number of para-hydroxylation sites is 1.